The van der Waals surface area contributed by atoms with E-state index in [1.807, 2.05) is 17.6 Å². The van der Waals surface area contributed by atoms with Crippen molar-refractivity contribution in [1.29, 1.82) is 0 Å². The molecule has 19 heavy (non-hydrogen) atoms. The average molecular weight is 262 g/mol. The van der Waals surface area contributed by atoms with Crippen LogP contribution in [0.25, 0.3) is 10.9 Å². The number of ether oxygens (including phenoxy) is 1. The van der Waals surface area contributed by atoms with Crippen LogP contribution in [0.15, 0.2) is 24.3 Å². The molecule has 0 radical (unpaired) electrons. The zero-order chi connectivity index (χ0) is 14.0. The molecule has 1 heterocycles. The number of rotatable bonds is 4. The summed E-state index contributed by atoms with van der Waals surface area (Å²) >= 11 is 0. The van der Waals surface area contributed by atoms with Crippen molar-refractivity contribution in [2.45, 2.75) is 20.4 Å². The van der Waals surface area contributed by atoms with Crippen LogP contribution in [0, 0.1) is 17.0 Å². The van der Waals surface area contributed by atoms with Crippen molar-refractivity contribution in [3.8, 4) is 0 Å². The zero-order valence-electron chi connectivity index (χ0n) is 10.8. The van der Waals surface area contributed by atoms with Crippen molar-refractivity contribution in [3.05, 3.63) is 40.1 Å². The molecule has 0 aliphatic heterocycles. The minimum atomic E-state index is -0.391. The second-order valence-electron chi connectivity index (χ2n) is 4.24. The number of hydrogen-bond acceptors (Lipinski definition) is 4. The first-order chi connectivity index (χ1) is 9.00. The molecule has 0 aliphatic rings. The van der Waals surface area contributed by atoms with Gasteiger partial charge in [0.1, 0.15) is 6.61 Å². The van der Waals surface area contributed by atoms with E-state index in [0.29, 0.717) is 11.9 Å². The van der Waals surface area contributed by atoms with Crippen LogP contribution < -0.4 is 0 Å². The van der Waals surface area contributed by atoms with Crippen molar-refractivity contribution in [2.24, 2.45) is 0 Å². The van der Waals surface area contributed by atoms with Gasteiger partial charge in [-0.25, -0.2) is 0 Å². The Labute approximate surface area is 109 Å². The highest BCUT2D eigenvalue weighted by atomic mass is 16.6. The van der Waals surface area contributed by atoms with Crippen LogP contribution in [0.2, 0.25) is 0 Å². The number of esters is 1. The molecule has 1 aromatic heterocycles. The molecule has 0 N–H and O–H groups in total. The summed E-state index contributed by atoms with van der Waals surface area (Å²) in [5.41, 5.74) is 1.77. The molecule has 2 rings (SSSR count). The molecule has 0 aliphatic carbocycles. The average Bonchev–Trinajstić information content (AvgIpc) is 2.65. The van der Waals surface area contributed by atoms with Crippen molar-refractivity contribution < 1.29 is 14.5 Å². The van der Waals surface area contributed by atoms with Gasteiger partial charge in [0.05, 0.1) is 22.4 Å². The largest absolute Gasteiger partial charge is 0.464 e. The highest BCUT2D eigenvalue weighted by Crippen LogP contribution is 2.28. The maximum Gasteiger partial charge on any atom is 0.302 e. The molecule has 0 saturated carbocycles. The summed E-state index contributed by atoms with van der Waals surface area (Å²) in [6.45, 7) is 3.96. The number of nitro benzene ring substituents is 1. The summed E-state index contributed by atoms with van der Waals surface area (Å²) in [5, 5.41) is 11.6. The van der Waals surface area contributed by atoms with Crippen molar-refractivity contribution >= 4 is 22.6 Å². The number of benzene rings is 1. The van der Waals surface area contributed by atoms with Crippen LogP contribution in [0.1, 0.15) is 12.6 Å². The number of carbonyl (C=O) groups excluding carboxylic acids is 1. The van der Waals surface area contributed by atoms with E-state index < -0.39 is 4.92 Å². The number of carbonyl (C=O) groups is 1. The summed E-state index contributed by atoms with van der Waals surface area (Å²) in [4.78, 5) is 21.3. The lowest BCUT2D eigenvalue weighted by Crippen LogP contribution is -2.09. The van der Waals surface area contributed by atoms with E-state index >= 15 is 0 Å². The van der Waals surface area contributed by atoms with Crippen LogP contribution >= 0.6 is 0 Å². The standard InChI is InChI=1S/C13H14N2O4/c1-9-8-11-12(4-3-5-13(11)15(17)18)14(9)6-7-19-10(2)16/h3-5,8H,6-7H2,1-2H3. The predicted octanol–water partition coefficient (Wildman–Crippen LogP) is 2.42. The van der Waals surface area contributed by atoms with Gasteiger partial charge in [0, 0.05) is 18.7 Å². The third kappa shape index (κ3) is 2.57. The maximum absolute atomic E-state index is 11.0. The molecular weight excluding hydrogens is 248 g/mol. The fraction of sp³-hybridized carbons (Fsp3) is 0.308. The molecule has 6 nitrogen and oxygen atoms in total. The summed E-state index contributed by atoms with van der Waals surface area (Å²) in [5.74, 6) is -0.333. The summed E-state index contributed by atoms with van der Waals surface area (Å²) < 4.78 is 6.81. The smallest absolute Gasteiger partial charge is 0.302 e. The van der Waals surface area contributed by atoms with E-state index in [1.54, 1.807) is 12.1 Å². The van der Waals surface area contributed by atoms with Gasteiger partial charge in [-0.1, -0.05) is 6.07 Å². The van der Waals surface area contributed by atoms with Crippen LogP contribution in [0.4, 0.5) is 5.69 Å². The molecule has 0 saturated heterocycles. The van der Waals surface area contributed by atoms with Gasteiger partial charge in [-0.05, 0) is 19.1 Å². The lowest BCUT2D eigenvalue weighted by Gasteiger charge is -2.08. The van der Waals surface area contributed by atoms with Gasteiger partial charge in [-0.15, -0.1) is 0 Å². The van der Waals surface area contributed by atoms with Gasteiger partial charge in [0.2, 0.25) is 0 Å². The predicted molar refractivity (Wildman–Crippen MR) is 70.0 cm³/mol. The molecule has 0 spiro atoms. The second-order valence-corrected chi connectivity index (χ2v) is 4.24. The van der Waals surface area contributed by atoms with E-state index in [1.165, 1.54) is 13.0 Å². The second kappa shape index (κ2) is 5.09. The Kier molecular flexibility index (Phi) is 3.50. The number of aromatic nitrogens is 1. The Bertz CT molecular complexity index is 645. The highest BCUT2D eigenvalue weighted by Gasteiger charge is 2.15. The van der Waals surface area contributed by atoms with Gasteiger partial charge in [0.25, 0.3) is 5.69 Å². The van der Waals surface area contributed by atoms with Gasteiger partial charge in [-0.2, -0.15) is 0 Å². The number of non-ortho nitro benzene ring substituents is 1. The quantitative estimate of drug-likeness (QED) is 0.482. The van der Waals surface area contributed by atoms with E-state index in [4.69, 9.17) is 4.74 Å². The maximum atomic E-state index is 11.0. The lowest BCUT2D eigenvalue weighted by molar-refractivity contribution is -0.383. The van der Waals surface area contributed by atoms with Crippen LogP contribution in [-0.2, 0) is 16.1 Å². The van der Waals surface area contributed by atoms with Gasteiger partial charge >= 0.3 is 5.97 Å². The minimum absolute atomic E-state index is 0.0897. The molecular formula is C13H14N2O4. The fourth-order valence-corrected chi connectivity index (χ4v) is 2.14. The molecule has 0 amide bonds. The third-order valence-corrected chi connectivity index (χ3v) is 2.95. The van der Waals surface area contributed by atoms with E-state index in [0.717, 1.165) is 11.2 Å². The van der Waals surface area contributed by atoms with Gasteiger partial charge in [-0.3, -0.25) is 14.9 Å². The zero-order valence-corrected chi connectivity index (χ0v) is 10.8. The number of hydrogen-bond donors (Lipinski definition) is 0. The Hall–Kier alpha value is -2.37. The van der Waals surface area contributed by atoms with E-state index in [9.17, 15) is 14.9 Å². The van der Waals surface area contributed by atoms with Crippen molar-refractivity contribution in [2.75, 3.05) is 6.61 Å². The lowest BCUT2D eigenvalue weighted by atomic mass is 10.2. The monoisotopic (exact) mass is 262 g/mol. The number of nitro groups is 1. The first-order valence-electron chi connectivity index (χ1n) is 5.87. The van der Waals surface area contributed by atoms with Crippen molar-refractivity contribution in [1.82, 2.24) is 4.57 Å². The summed E-state index contributed by atoms with van der Waals surface area (Å²) in [6.07, 6.45) is 0. The van der Waals surface area contributed by atoms with E-state index in [2.05, 4.69) is 0 Å². The molecule has 0 unspecified atom stereocenters. The SMILES string of the molecule is CC(=O)OCCn1c(C)cc2c([N+](=O)[O-])cccc21. The molecule has 6 heteroatoms. The molecule has 100 valence electrons. The number of nitrogens with zero attached hydrogens (tertiary/aromatic N) is 2. The molecule has 0 atom stereocenters. The normalized spacial score (nSPS) is 10.6. The highest BCUT2D eigenvalue weighted by molar-refractivity contribution is 5.90. The minimum Gasteiger partial charge on any atom is -0.464 e. The Morgan fingerprint density at radius 3 is 2.84 bits per heavy atom. The Morgan fingerprint density at radius 2 is 2.21 bits per heavy atom. The molecule has 0 bridgehead atoms. The number of aryl methyl sites for hydroxylation is 1. The van der Waals surface area contributed by atoms with Crippen molar-refractivity contribution in [3.63, 3.8) is 0 Å². The number of fused-ring (bicyclic) bond motifs is 1. The topological polar surface area (TPSA) is 74.4 Å². The Balaban J connectivity index is 2.39. The molecule has 0 fully saturated rings. The van der Waals surface area contributed by atoms with E-state index in [-0.39, 0.29) is 18.3 Å². The van der Waals surface area contributed by atoms with Crippen LogP contribution in [0.3, 0.4) is 0 Å². The first kappa shape index (κ1) is 13.1. The van der Waals surface area contributed by atoms with Gasteiger partial charge < -0.3 is 9.30 Å². The van der Waals surface area contributed by atoms with Crippen LogP contribution in [0.5, 0.6) is 0 Å². The first-order valence-corrected chi connectivity index (χ1v) is 5.87. The summed E-state index contributed by atoms with van der Waals surface area (Å²) in [7, 11) is 0. The van der Waals surface area contributed by atoms with Crippen LogP contribution in [-0.4, -0.2) is 22.1 Å². The summed E-state index contributed by atoms with van der Waals surface area (Å²) in [6, 6.07) is 6.74. The molecule has 2 aromatic rings. The Morgan fingerprint density at radius 1 is 1.47 bits per heavy atom. The fourth-order valence-electron chi connectivity index (χ4n) is 2.14. The third-order valence-electron chi connectivity index (χ3n) is 2.95. The molecule has 1 aromatic carbocycles. The van der Waals surface area contributed by atoms with Gasteiger partial charge in [0.15, 0.2) is 0 Å².